The van der Waals surface area contributed by atoms with Crippen molar-refractivity contribution >= 4 is 6.08 Å². The zero-order chi connectivity index (χ0) is 14.4. The monoisotopic (exact) mass is 270 g/mol. The van der Waals surface area contributed by atoms with Crippen molar-refractivity contribution in [3.05, 3.63) is 59.7 Å². The SMILES string of the molecule is COc1cc(/C=C/Cc2ccccc2)cc(OC)c1O. The van der Waals surface area contributed by atoms with Crippen LogP contribution in [0.1, 0.15) is 11.1 Å². The molecule has 0 bridgehead atoms. The van der Waals surface area contributed by atoms with Gasteiger partial charge in [-0.2, -0.15) is 0 Å². The van der Waals surface area contributed by atoms with Crippen LogP contribution in [-0.4, -0.2) is 19.3 Å². The normalized spacial score (nSPS) is 10.7. The van der Waals surface area contributed by atoms with Crippen LogP contribution in [0.5, 0.6) is 17.2 Å². The van der Waals surface area contributed by atoms with E-state index in [9.17, 15) is 5.11 Å². The lowest BCUT2D eigenvalue weighted by Crippen LogP contribution is -1.90. The Morgan fingerprint density at radius 2 is 1.60 bits per heavy atom. The van der Waals surface area contributed by atoms with E-state index >= 15 is 0 Å². The Hall–Kier alpha value is -2.42. The summed E-state index contributed by atoms with van der Waals surface area (Å²) in [5.41, 5.74) is 2.17. The molecule has 0 saturated heterocycles. The molecule has 1 N–H and O–H groups in total. The minimum atomic E-state index is 0.0233. The summed E-state index contributed by atoms with van der Waals surface area (Å²) in [6.45, 7) is 0. The molecule has 0 aliphatic rings. The summed E-state index contributed by atoms with van der Waals surface area (Å²) in [6.07, 6.45) is 4.91. The second-order valence-corrected chi connectivity index (χ2v) is 4.37. The number of aromatic hydroxyl groups is 1. The standard InChI is InChI=1S/C17H18O3/c1-19-15-11-14(12-16(20-2)17(15)18)10-6-9-13-7-4-3-5-8-13/h3-8,10-12,18H,9H2,1-2H3/b10-6+. The first kappa shape index (κ1) is 14.0. The topological polar surface area (TPSA) is 38.7 Å². The van der Waals surface area contributed by atoms with Crippen LogP contribution in [0.4, 0.5) is 0 Å². The zero-order valence-electron chi connectivity index (χ0n) is 11.7. The summed E-state index contributed by atoms with van der Waals surface area (Å²) in [5, 5.41) is 9.84. The highest BCUT2D eigenvalue weighted by molar-refractivity contribution is 5.61. The van der Waals surface area contributed by atoms with E-state index in [1.54, 1.807) is 12.1 Å². The Kier molecular flexibility index (Phi) is 4.66. The molecule has 3 heteroatoms. The van der Waals surface area contributed by atoms with Gasteiger partial charge in [0.25, 0.3) is 0 Å². The van der Waals surface area contributed by atoms with Gasteiger partial charge in [-0.05, 0) is 29.7 Å². The van der Waals surface area contributed by atoms with Gasteiger partial charge in [0, 0.05) is 0 Å². The minimum Gasteiger partial charge on any atom is -0.502 e. The molecule has 3 nitrogen and oxygen atoms in total. The third kappa shape index (κ3) is 3.32. The van der Waals surface area contributed by atoms with Gasteiger partial charge in [-0.25, -0.2) is 0 Å². The summed E-state index contributed by atoms with van der Waals surface area (Å²) in [4.78, 5) is 0. The highest BCUT2D eigenvalue weighted by Gasteiger charge is 2.09. The van der Waals surface area contributed by atoms with Crippen molar-refractivity contribution in [1.82, 2.24) is 0 Å². The fraction of sp³-hybridized carbons (Fsp3) is 0.176. The molecule has 0 unspecified atom stereocenters. The van der Waals surface area contributed by atoms with Gasteiger partial charge < -0.3 is 14.6 Å². The predicted octanol–water partition coefficient (Wildman–Crippen LogP) is 3.67. The molecule has 0 aliphatic heterocycles. The summed E-state index contributed by atoms with van der Waals surface area (Å²) in [7, 11) is 3.04. The molecule has 0 spiro atoms. The summed E-state index contributed by atoms with van der Waals surface area (Å²) < 4.78 is 10.3. The number of phenolic OH excluding ortho intramolecular Hbond substituents is 1. The Morgan fingerprint density at radius 3 is 2.15 bits per heavy atom. The quantitative estimate of drug-likeness (QED) is 0.901. The molecule has 0 aliphatic carbocycles. The second kappa shape index (κ2) is 6.66. The smallest absolute Gasteiger partial charge is 0.200 e. The Labute approximate surface area is 119 Å². The molecule has 0 fully saturated rings. The van der Waals surface area contributed by atoms with E-state index in [1.165, 1.54) is 19.8 Å². The Bertz CT molecular complexity index is 563. The van der Waals surface area contributed by atoms with Crippen LogP contribution < -0.4 is 9.47 Å². The highest BCUT2D eigenvalue weighted by atomic mass is 16.5. The summed E-state index contributed by atoms with van der Waals surface area (Å²) in [5.74, 6) is 0.836. The minimum absolute atomic E-state index is 0.0233. The van der Waals surface area contributed by atoms with Crippen LogP contribution in [0.25, 0.3) is 6.08 Å². The zero-order valence-corrected chi connectivity index (χ0v) is 11.7. The van der Waals surface area contributed by atoms with Gasteiger partial charge in [0.1, 0.15) is 0 Å². The van der Waals surface area contributed by atoms with E-state index in [0.29, 0.717) is 11.5 Å². The van der Waals surface area contributed by atoms with E-state index in [1.807, 2.05) is 24.3 Å². The third-order valence-electron chi connectivity index (χ3n) is 3.01. The lowest BCUT2D eigenvalue weighted by Gasteiger charge is -2.09. The van der Waals surface area contributed by atoms with Crippen LogP contribution in [0.15, 0.2) is 48.5 Å². The third-order valence-corrected chi connectivity index (χ3v) is 3.01. The van der Waals surface area contributed by atoms with Gasteiger partial charge in [0.15, 0.2) is 11.5 Å². The molecule has 104 valence electrons. The molecule has 20 heavy (non-hydrogen) atoms. The van der Waals surface area contributed by atoms with Crippen molar-refractivity contribution in [3.8, 4) is 17.2 Å². The number of ether oxygens (including phenoxy) is 2. The van der Waals surface area contributed by atoms with Crippen LogP contribution >= 0.6 is 0 Å². The first-order chi connectivity index (χ1) is 9.74. The molecule has 0 amide bonds. The highest BCUT2D eigenvalue weighted by Crippen LogP contribution is 2.37. The van der Waals surface area contributed by atoms with Crippen LogP contribution in [0.3, 0.4) is 0 Å². The maximum Gasteiger partial charge on any atom is 0.200 e. The van der Waals surface area contributed by atoms with Crippen molar-refractivity contribution in [3.63, 3.8) is 0 Å². The number of hydrogen-bond acceptors (Lipinski definition) is 3. The first-order valence-electron chi connectivity index (χ1n) is 6.40. The van der Waals surface area contributed by atoms with Crippen molar-refractivity contribution in [2.45, 2.75) is 6.42 Å². The second-order valence-electron chi connectivity index (χ2n) is 4.37. The van der Waals surface area contributed by atoms with E-state index in [4.69, 9.17) is 9.47 Å². The van der Waals surface area contributed by atoms with E-state index in [2.05, 4.69) is 18.2 Å². The van der Waals surface area contributed by atoms with E-state index < -0.39 is 0 Å². The first-order valence-corrected chi connectivity index (χ1v) is 6.40. The van der Waals surface area contributed by atoms with Crippen LogP contribution in [0, 0.1) is 0 Å². The van der Waals surface area contributed by atoms with Gasteiger partial charge in [0.05, 0.1) is 14.2 Å². The average molecular weight is 270 g/mol. The van der Waals surface area contributed by atoms with Crippen LogP contribution in [-0.2, 0) is 6.42 Å². The Morgan fingerprint density at radius 1 is 1.00 bits per heavy atom. The van der Waals surface area contributed by atoms with E-state index in [0.717, 1.165) is 12.0 Å². The van der Waals surface area contributed by atoms with Crippen molar-refractivity contribution < 1.29 is 14.6 Å². The number of phenols is 1. The molecule has 0 saturated carbocycles. The molecule has 2 rings (SSSR count). The average Bonchev–Trinajstić information content (AvgIpc) is 2.49. The molecule has 0 radical (unpaired) electrons. The number of methoxy groups -OCH3 is 2. The molecular weight excluding hydrogens is 252 g/mol. The molecule has 2 aromatic carbocycles. The summed E-state index contributed by atoms with van der Waals surface area (Å²) in [6, 6.07) is 13.8. The fourth-order valence-electron chi connectivity index (χ4n) is 1.96. The molecule has 0 atom stereocenters. The van der Waals surface area contributed by atoms with Gasteiger partial charge in [-0.3, -0.25) is 0 Å². The number of allylic oxidation sites excluding steroid dienone is 1. The molecule has 0 heterocycles. The number of rotatable bonds is 5. The fourth-order valence-corrected chi connectivity index (χ4v) is 1.96. The van der Waals surface area contributed by atoms with Gasteiger partial charge >= 0.3 is 0 Å². The Balaban J connectivity index is 2.16. The molecule has 0 aromatic heterocycles. The van der Waals surface area contributed by atoms with Crippen molar-refractivity contribution in [2.24, 2.45) is 0 Å². The van der Waals surface area contributed by atoms with Crippen molar-refractivity contribution in [2.75, 3.05) is 14.2 Å². The van der Waals surface area contributed by atoms with Crippen molar-refractivity contribution in [1.29, 1.82) is 0 Å². The van der Waals surface area contributed by atoms with Gasteiger partial charge in [0.2, 0.25) is 5.75 Å². The largest absolute Gasteiger partial charge is 0.502 e. The lowest BCUT2D eigenvalue weighted by atomic mass is 10.1. The maximum atomic E-state index is 9.84. The lowest BCUT2D eigenvalue weighted by molar-refractivity contribution is 0.340. The van der Waals surface area contributed by atoms with Crippen LogP contribution in [0.2, 0.25) is 0 Å². The van der Waals surface area contributed by atoms with E-state index in [-0.39, 0.29) is 5.75 Å². The molecule has 2 aromatic rings. The van der Waals surface area contributed by atoms with Gasteiger partial charge in [-0.15, -0.1) is 0 Å². The summed E-state index contributed by atoms with van der Waals surface area (Å²) >= 11 is 0. The maximum absolute atomic E-state index is 9.84. The number of benzene rings is 2. The van der Waals surface area contributed by atoms with Gasteiger partial charge in [-0.1, -0.05) is 42.5 Å². The number of hydrogen-bond donors (Lipinski definition) is 1. The predicted molar refractivity (Wildman–Crippen MR) is 80.4 cm³/mol. The molecular formula is C17H18O3.